The first kappa shape index (κ1) is 24.8. The molecule has 0 bridgehead atoms. The van der Waals surface area contributed by atoms with Crippen LogP contribution >= 0.6 is 0 Å². The second-order valence-electron chi connectivity index (χ2n) is 9.46. The van der Waals surface area contributed by atoms with Crippen molar-refractivity contribution in [2.45, 2.75) is 25.3 Å². The van der Waals surface area contributed by atoms with Gasteiger partial charge in [-0.05, 0) is 37.1 Å². The van der Waals surface area contributed by atoms with Crippen LogP contribution in [-0.2, 0) is 19.1 Å². The van der Waals surface area contributed by atoms with Gasteiger partial charge in [-0.3, -0.25) is 9.59 Å². The highest BCUT2D eigenvalue weighted by molar-refractivity contribution is 6.03. The molecule has 194 valence electrons. The molecule has 2 heterocycles. The van der Waals surface area contributed by atoms with Crippen molar-refractivity contribution in [3.8, 4) is 5.75 Å². The third kappa shape index (κ3) is 5.78. The molecule has 2 fully saturated rings. The first-order chi connectivity index (χ1) is 17.9. The fourth-order valence-electron chi connectivity index (χ4n) is 4.66. The number of nitrogens with zero attached hydrogens (tertiary/aromatic N) is 2. The minimum atomic E-state index is -0.520. The Morgan fingerprint density at radius 1 is 1.08 bits per heavy atom. The Morgan fingerprint density at radius 2 is 1.84 bits per heavy atom. The summed E-state index contributed by atoms with van der Waals surface area (Å²) in [7, 11) is 1.56. The lowest BCUT2D eigenvalue weighted by atomic mass is 9.64. The SMILES string of the molecule is COCCOc1cc(F)c2c(Nc3ccc(NC(=O)CC(=O)NC4CC5(COC5)C4)cc3)ncnc2c1. The van der Waals surface area contributed by atoms with E-state index < -0.39 is 11.7 Å². The van der Waals surface area contributed by atoms with Gasteiger partial charge in [0.15, 0.2) is 0 Å². The van der Waals surface area contributed by atoms with Gasteiger partial charge in [-0.1, -0.05) is 0 Å². The standard InChI is InChI=1S/C26H28FN5O5/c1-35-6-7-37-19-8-20(27)24-21(9-19)28-15-29-25(24)32-17-4-2-16(3-5-17)30-22(33)10-23(34)31-18-11-26(12-18)13-36-14-26/h2-5,8-9,15,18H,6-7,10-14H2,1H3,(H,30,33)(H,31,34)(H,28,29,32). The second-order valence-corrected chi connectivity index (χ2v) is 9.46. The van der Waals surface area contributed by atoms with Crippen LogP contribution in [-0.4, -0.2) is 61.4 Å². The van der Waals surface area contributed by atoms with Crippen molar-refractivity contribution in [2.75, 3.05) is 44.2 Å². The van der Waals surface area contributed by atoms with Crippen LogP contribution in [0.1, 0.15) is 19.3 Å². The Bertz CT molecular complexity index is 1290. The monoisotopic (exact) mass is 509 g/mol. The summed E-state index contributed by atoms with van der Waals surface area (Å²) in [6.45, 7) is 2.20. The van der Waals surface area contributed by atoms with Crippen LogP contribution in [0.5, 0.6) is 5.75 Å². The summed E-state index contributed by atoms with van der Waals surface area (Å²) in [4.78, 5) is 32.8. The van der Waals surface area contributed by atoms with Gasteiger partial charge in [-0.25, -0.2) is 14.4 Å². The van der Waals surface area contributed by atoms with Gasteiger partial charge in [-0.2, -0.15) is 0 Å². The van der Waals surface area contributed by atoms with Crippen LogP contribution in [0, 0.1) is 11.2 Å². The molecule has 0 unspecified atom stereocenters. The van der Waals surface area contributed by atoms with Crippen LogP contribution in [0.3, 0.4) is 0 Å². The van der Waals surface area contributed by atoms with Crippen molar-refractivity contribution < 1.29 is 28.2 Å². The highest BCUT2D eigenvalue weighted by Gasteiger charge is 2.50. The highest BCUT2D eigenvalue weighted by Crippen LogP contribution is 2.46. The zero-order valence-corrected chi connectivity index (χ0v) is 20.4. The number of carbonyl (C=O) groups is 2. The molecule has 1 aliphatic heterocycles. The quantitative estimate of drug-likeness (QED) is 0.281. The molecular weight excluding hydrogens is 481 g/mol. The fourth-order valence-corrected chi connectivity index (χ4v) is 4.66. The van der Waals surface area contributed by atoms with E-state index in [4.69, 9.17) is 14.2 Å². The number of carbonyl (C=O) groups excluding carboxylic acids is 2. The molecule has 3 N–H and O–H groups in total. The van der Waals surface area contributed by atoms with Crippen molar-refractivity contribution in [2.24, 2.45) is 5.41 Å². The molecule has 0 atom stereocenters. The molecule has 11 heteroatoms. The van der Waals surface area contributed by atoms with E-state index >= 15 is 0 Å². The molecule has 1 spiro atoms. The maximum atomic E-state index is 14.9. The predicted octanol–water partition coefficient (Wildman–Crippen LogP) is 3.16. The number of hydrogen-bond acceptors (Lipinski definition) is 8. The third-order valence-electron chi connectivity index (χ3n) is 6.51. The van der Waals surface area contributed by atoms with Crippen LogP contribution in [0.15, 0.2) is 42.7 Å². The number of methoxy groups -OCH3 is 1. The second kappa shape index (κ2) is 10.7. The lowest BCUT2D eigenvalue weighted by Crippen LogP contribution is -2.59. The maximum Gasteiger partial charge on any atom is 0.233 e. The van der Waals surface area contributed by atoms with E-state index in [1.54, 1.807) is 37.4 Å². The van der Waals surface area contributed by atoms with E-state index in [1.807, 2.05) is 0 Å². The predicted molar refractivity (Wildman–Crippen MR) is 134 cm³/mol. The van der Waals surface area contributed by atoms with Crippen molar-refractivity contribution in [1.82, 2.24) is 15.3 Å². The molecule has 1 saturated heterocycles. The molecule has 2 amide bonds. The summed E-state index contributed by atoms with van der Waals surface area (Å²) in [6, 6.07) is 9.85. The molecule has 1 saturated carbocycles. The number of nitrogens with one attached hydrogen (secondary N) is 3. The van der Waals surface area contributed by atoms with Crippen molar-refractivity contribution >= 4 is 39.9 Å². The first-order valence-electron chi connectivity index (χ1n) is 12.0. The van der Waals surface area contributed by atoms with Gasteiger partial charge in [0.2, 0.25) is 11.8 Å². The number of benzene rings is 2. The number of aromatic nitrogens is 2. The lowest BCUT2D eigenvalue weighted by Gasteiger charge is -2.53. The molecule has 2 aromatic carbocycles. The average Bonchev–Trinajstić information content (AvgIpc) is 2.81. The smallest absolute Gasteiger partial charge is 0.233 e. The minimum Gasteiger partial charge on any atom is -0.491 e. The molecule has 0 radical (unpaired) electrons. The zero-order valence-electron chi connectivity index (χ0n) is 20.4. The van der Waals surface area contributed by atoms with Gasteiger partial charge in [0.1, 0.15) is 36.7 Å². The van der Waals surface area contributed by atoms with E-state index in [-0.39, 0.29) is 29.2 Å². The van der Waals surface area contributed by atoms with Crippen LogP contribution in [0.2, 0.25) is 0 Å². The summed E-state index contributed by atoms with van der Waals surface area (Å²) in [5, 5.41) is 8.94. The third-order valence-corrected chi connectivity index (χ3v) is 6.51. The normalized spacial score (nSPS) is 16.1. The molecule has 2 aliphatic rings. The largest absolute Gasteiger partial charge is 0.491 e. The molecular formula is C26H28FN5O5. The topological polar surface area (TPSA) is 124 Å². The number of rotatable bonds is 10. The van der Waals surface area contributed by atoms with Crippen molar-refractivity contribution in [3.63, 3.8) is 0 Å². The Kier molecular flexibility index (Phi) is 7.15. The van der Waals surface area contributed by atoms with Gasteiger partial charge >= 0.3 is 0 Å². The van der Waals surface area contributed by atoms with Crippen LogP contribution in [0.25, 0.3) is 10.9 Å². The van der Waals surface area contributed by atoms with E-state index in [0.29, 0.717) is 41.7 Å². The van der Waals surface area contributed by atoms with Crippen molar-refractivity contribution in [3.05, 3.63) is 48.5 Å². The summed E-state index contributed by atoms with van der Waals surface area (Å²) in [6.07, 6.45) is 2.91. The number of anilines is 3. The molecule has 3 aromatic rings. The Balaban J connectivity index is 1.16. The lowest BCUT2D eigenvalue weighted by molar-refractivity contribution is -0.169. The molecule has 10 nitrogen and oxygen atoms in total. The molecule has 1 aliphatic carbocycles. The summed E-state index contributed by atoms with van der Waals surface area (Å²) in [5.74, 6) is -0.559. The maximum absolute atomic E-state index is 14.9. The number of halogens is 1. The van der Waals surface area contributed by atoms with Gasteiger partial charge in [-0.15, -0.1) is 0 Å². The van der Waals surface area contributed by atoms with Gasteiger partial charge in [0.05, 0.1) is 30.7 Å². The fraction of sp³-hybridized carbons (Fsp3) is 0.385. The summed E-state index contributed by atoms with van der Waals surface area (Å²) >= 11 is 0. The summed E-state index contributed by atoms with van der Waals surface area (Å²) in [5.41, 5.74) is 1.81. The number of hydrogen-bond donors (Lipinski definition) is 3. The average molecular weight is 510 g/mol. The van der Waals surface area contributed by atoms with E-state index in [0.717, 1.165) is 26.1 Å². The van der Waals surface area contributed by atoms with Crippen molar-refractivity contribution in [1.29, 1.82) is 0 Å². The molecule has 5 rings (SSSR count). The molecule has 37 heavy (non-hydrogen) atoms. The van der Waals surface area contributed by atoms with Crippen LogP contribution < -0.4 is 20.7 Å². The number of fused-ring (bicyclic) bond motifs is 1. The van der Waals surface area contributed by atoms with Gasteiger partial charge in [0.25, 0.3) is 0 Å². The van der Waals surface area contributed by atoms with Gasteiger partial charge in [0, 0.05) is 42.1 Å². The minimum absolute atomic E-state index is 0.118. The molecule has 1 aromatic heterocycles. The summed E-state index contributed by atoms with van der Waals surface area (Å²) < 4.78 is 30.6. The van der Waals surface area contributed by atoms with E-state index in [9.17, 15) is 14.0 Å². The van der Waals surface area contributed by atoms with E-state index in [2.05, 4.69) is 25.9 Å². The van der Waals surface area contributed by atoms with Gasteiger partial charge < -0.3 is 30.2 Å². The van der Waals surface area contributed by atoms with E-state index in [1.165, 1.54) is 12.4 Å². The first-order valence-corrected chi connectivity index (χ1v) is 12.0. The van der Waals surface area contributed by atoms with Crippen LogP contribution in [0.4, 0.5) is 21.6 Å². The highest BCUT2D eigenvalue weighted by atomic mass is 19.1. The Labute approximate surface area is 212 Å². The zero-order chi connectivity index (χ0) is 25.8. The Hall–Kier alpha value is -3.83. The number of ether oxygens (including phenoxy) is 3. The number of amides is 2. The Morgan fingerprint density at radius 3 is 2.54 bits per heavy atom.